The molecule has 1 aliphatic rings. The van der Waals surface area contributed by atoms with Gasteiger partial charge in [0.15, 0.2) is 0 Å². The highest BCUT2D eigenvalue weighted by molar-refractivity contribution is 5.10. The Morgan fingerprint density at radius 1 is 1.00 bits per heavy atom. The summed E-state index contributed by atoms with van der Waals surface area (Å²) in [5.74, 6) is 0.770. The van der Waals surface area contributed by atoms with Crippen LogP contribution in [0.2, 0.25) is 0 Å². The third-order valence-electron chi connectivity index (χ3n) is 2.97. The first-order valence-electron chi connectivity index (χ1n) is 6.16. The lowest BCUT2D eigenvalue weighted by molar-refractivity contribution is 0.454. The molecule has 17 heavy (non-hydrogen) atoms. The minimum Gasteiger partial charge on any atom is -0.365 e. The van der Waals surface area contributed by atoms with E-state index in [0.29, 0.717) is 0 Å². The fraction of sp³-hybridized carbons (Fsp3) is 0.357. The number of nitrogens with one attached hydrogen (secondary N) is 2. The maximum Gasteiger partial charge on any atom is 0.0267 e. The minimum absolute atomic E-state index is 0.770. The molecule has 2 aromatic heterocycles. The second kappa shape index (κ2) is 6.86. The zero-order chi connectivity index (χ0) is 11.8. The van der Waals surface area contributed by atoms with Crippen molar-refractivity contribution < 1.29 is 0 Å². The van der Waals surface area contributed by atoms with E-state index in [0.717, 1.165) is 5.92 Å². The summed E-state index contributed by atoms with van der Waals surface area (Å²) >= 11 is 0. The fourth-order valence-electron chi connectivity index (χ4n) is 2.04. The molecule has 90 valence electrons. The molecule has 0 aliphatic carbocycles. The lowest BCUT2D eigenvalue weighted by Crippen LogP contribution is -2.26. The molecule has 1 saturated heterocycles. The molecular weight excluding hydrogens is 210 g/mol. The normalized spacial score (nSPS) is 16.0. The van der Waals surface area contributed by atoms with E-state index in [1.165, 1.54) is 31.6 Å². The second-order valence-corrected chi connectivity index (χ2v) is 4.17. The third kappa shape index (κ3) is 4.04. The smallest absolute Gasteiger partial charge is 0.0267 e. The number of aromatic amines is 1. The Bertz CT molecular complexity index is 350. The Balaban J connectivity index is 0.000000153. The highest BCUT2D eigenvalue weighted by Crippen LogP contribution is 2.22. The predicted octanol–water partition coefficient (Wildman–Crippen LogP) is 2.56. The monoisotopic (exact) mass is 229 g/mol. The molecule has 0 amide bonds. The van der Waals surface area contributed by atoms with Gasteiger partial charge in [-0.2, -0.15) is 0 Å². The SMILES string of the molecule is c1c[nH]c(C2CCNCC2)c1.c1ccncc1. The molecule has 2 aromatic rings. The first-order chi connectivity index (χ1) is 8.47. The number of hydrogen-bond donors (Lipinski definition) is 2. The lowest BCUT2D eigenvalue weighted by Gasteiger charge is -2.21. The lowest BCUT2D eigenvalue weighted by atomic mass is 9.95. The van der Waals surface area contributed by atoms with Crippen molar-refractivity contribution in [1.82, 2.24) is 15.3 Å². The molecule has 0 bridgehead atoms. The van der Waals surface area contributed by atoms with Crippen molar-refractivity contribution >= 4 is 0 Å². The van der Waals surface area contributed by atoms with Crippen molar-refractivity contribution in [3.8, 4) is 0 Å². The van der Waals surface area contributed by atoms with Crippen molar-refractivity contribution in [2.75, 3.05) is 13.1 Å². The number of piperidine rings is 1. The molecule has 3 heteroatoms. The van der Waals surface area contributed by atoms with E-state index in [1.807, 2.05) is 24.4 Å². The molecule has 0 unspecified atom stereocenters. The van der Waals surface area contributed by atoms with Gasteiger partial charge in [0.05, 0.1) is 0 Å². The number of rotatable bonds is 1. The summed E-state index contributed by atoms with van der Waals surface area (Å²) in [6.45, 7) is 2.34. The van der Waals surface area contributed by atoms with Crippen molar-refractivity contribution in [2.24, 2.45) is 0 Å². The first-order valence-corrected chi connectivity index (χ1v) is 6.16. The molecule has 1 aliphatic heterocycles. The van der Waals surface area contributed by atoms with Gasteiger partial charge in [0.2, 0.25) is 0 Å². The van der Waals surface area contributed by atoms with Crippen LogP contribution in [-0.4, -0.2) is 23.1 Å². The summed E-state index contributed by atoms with van der Waals surface area (Å²) < 4.78 is 0. The van der Waals surface area contributed by atoms with Gasteiger partial charge in [0.25, 0.3) is 0 Å². The average molecular weight is 229 g/mol. The van der Waals surface area contributed by atoms with Crippen LogP contribution in [0.4, 0.5) is 0 Å². The van der Waals surface area contributed by atoms with E-state index in [-0.39, 0.29) is 0 Å². The quantitative estimate of drug-likeness (QED) is 0.789. The van der Waals surface area contributed by atoms with E-state index >= 15 is 0 Å². The van der Waals surface area contributed by atoms with Crippen LogP contribution >= 0.6 is 0 Å². The molecule has 0 atom stereocenters. The Kier molecular flexibility index (Phi) is 4.79. The van der Waals surface area contributed by atoms with Gasteiger partial charge in [-0.25, -0.2) is 0 Å². The standard InChI is InChI=1S/C9H14N2.C5H5N/c1-2-9(11-5-1)8-3-6-10-7-4-8;1-2-4-6-5-3-1/h1-2,5,8,10-11H,3-4,6-7H2;1-5H. The Hall–Kier alpha value is -1.61. The number of H-pyrrole nitrogens is 1. The van der Waals surface area contributed by atoms with Crippen LogP contribution in [0.15, 0.2) is 48.9 Å². The summed E-state index contributed by atoms with van der Waals surface area (Å²) in [6.07, 6.45) is 8.07. The van der Waals surface area contributed by atoms with Gasteiger partial charge >= 0.3 is 0 Å². The van der Waals surface area contributed by atoms with Crippen LogP contribution in [0.1, 0.15) is 24.5 Å². The van der Waals surface area contributed by atoms with E-state index in [2.05, 4.69) is 27.4 Å². The molecular formula is C14H19N3. The largest absolute Gasteiger partial charge is 0.365 e. The summed E-state index contributed by atoms with van der Waals surface area (Å²) in [6, 6.07) is 9.99. The molecule has 3 rings (SSSR count). The summed E-state index contributed by atoms with van der Waals surface area (Å²) in [5.41, 5.74) is 1.41. The van der Waals surface area contributed by atoms with Gasteiger partial charge in [0, 0.05) is 30.2 Å². The van der Waals surface area contributed by atoms with Crippen molar-refractivity contribution in [2.45, 2.75) is 18.8 Å². The van der Waals surface area contributed by atoms with E-state index in [4.69, 9.17) is 0 Å². The molecule has 2 N–H and O–H groups in total. The minimum atomic E-state index is 0.770. The van der Waals surface area contributed by atoms with E-state index in [9.17, 15) is 0 Å². The van der Waals surface area contributed by atoms with Crippen molar-refractivity contribution in [3.05, 3.63) is 54.6 Å². The number of pyridine rings is 1. The van der Waals surface area contributed by atoms with Gasteiger partial charge < -0.3 is 10.3 Å². The average Bonchev–Trinajstić information content (AvgIpc) is 2.96. The third-order valence-corrected chi connectivity index (χ3v) is 2.97. The molecule has 3 heterocycles. The summed E-state index contributed by atoms with van der Waals surface area (Å²) in [5, 5.41) is 3.36. The van der Waals surface area contributed by atoms with Gasteiger partial charge in [-0.1, -0.05) is 6.07 Å². The Morgan fingerprint density at radius 3 is 2.24 bits per heavy atom. The topological polar surface area (TPSA) is 40.7 Å². The van der Waals surface area contributed by atoms with Crippen molar-refractivity contribution in [3.63, 3.8) is 0 Å². The summed E-state index contributed by atoms with van der Waals surface area (Å²) in [4.78, 5) is 7.06. The highest BCUT2D eigenvalue weighted by atomic mass is 14.9. The van der Waals surface area contributed by atoms with Crippen LogP contribution in [-0.2, 0) is 0 Å². The Morgan fingerprint density at radius 2 is 1.76 bits per heavy atom. The van der Waals surface area contributed by atoms with Gasteiger partial charge in [0.1, 0.15) is 0 Å². The van der Waals surface area contributed by atoms with Crippen LogP contribution in [0.5, 0.6) is 0 Å². The first kappa shape index (κ1) is 11.9. The Labute approximate surface area is 102 Å². The van der Waals surface area contributed by atoms with E-state index < -0.39 is 0 Å². The fourth-order valence-corrected chi connectivity index (χ4v) is 2.04. The van der Waals surface area contributed by atoms with E-state index in [1.54, 1.807) is 12.4 Å². The number of nitrogens with zero attached hydrogens (tertiary/aromatic N) is 1. The molecule has 0 radical (unpaired) electrons. The van der Waals surface area contributed by atoms with Crippen LogP contribution in [0.3, 0.4) is 0 Å². The zero-order valence-electron chi connectivity index (χ0n) is 9.97. The van der Waals surface area contributed by atoms with Gasteiger partial charge in [-0.3, -0.25) is 4.98 Å². The molecule has 3 nitrogen and oxygen atoms in total. The van der Waals surface area contributed by atoms with Crippen LogP contribution in [0, 0.1) is 0 Å². The predicted molar refractivity (Wildman–Crippen MR) is 69.9 cm³/mol. The van der Waals surface area contributed by atoms with Crippen molar-refractivity contribution in [1.29, 1.82) is 0 Å². The maximum atomic E-state index is 3.78. The maximum absolute atomic E-state index is 3.78. The van der Waals surface area contributed by atoms with Crippen LogP contribution in [0.25, 0.3) is 0 Å². The molecule has 1 fully saturated rings. The molecule has 0 saturated carbocycles. The molecule has 0 spiro atoms. The summed E-state index contributed by atoms with van der Waals surface area (Å²) in [7, 11) is 0. The van der Waals surface area contributed by atoms with Gasteiger partial charge in [-0.15, -0.1) is 0 Å². The zero-order valence-corrected chi connectivity index (χ0v) is 9.97. The molecule has 0 aromatic carbocycles. The van der Waals surface area contributed by atoms with Gasteiger partial charge in [-0.05, 0) is 50.2 Å². The second-order valence-electron chi connectivity index (χ2n) is 4.17. The number of aromatic nitrogens is 2. The highest BCUT2D eigenvalue weighted by Gasteiger charge is 2.14. The van der Waals surface area contributed by atoms with Crippen LogP contribution < -0.4 is 5.32 Å². The number of hydrogen-bond acceptors (Lipinski definition) is 2.